The fraction of sp³-hybridized carbons (Fsp3) is 0.238. The van der Waals surface area contributed by atoms with Crippen molar-refractivity contribution in [2.45, 2.75) is 11.7 Å². The van der Waals surface area contributed by atoms with Gasteiger partial charge in [0.2, 0.25) is 11.8 Å². The maximum Gasteiger partial charge on any atom is 0.247 e. The van der Waals surface area contributed by atoms with Crippen LogP contribution >= 0.6 is 11.8 Å². The third-order valence-corrected chi connectivity index (χ3v) is 5.45. The van der Waals surface area contributed by atoms with E-state index in [2.05, 4.69) is 10.2 Å². The van der Waals surface area contributed by atoms with Gasteiger partial charge in [-0.05, 0) is 42.0 Å². The molecule has 0 saturated carbocycles. The Hall–Kier alpha value is -3.33. The van der Waals surface area contributed by atoms with Crippen LogP contribution in [0.3, 0.4) is 0 Å². The van der Waals surface area contributed by atoms with Crippen LogP contribution in [0.1, 0.15) is 12.0 Å². The summed E-state index contributed by atoms with van der Waals surface area (Å²) < 4.78 is 5.10. The molecule has 0 bridgehead atoms. The number of rotatable bonds is 6. The Morgan fingerprint density at radius 2 is 1.83 bits per heavy atom. The number of hydrogen-bond acceptors (Lipinski definition) is 7. The van der Waals surface area contributed by atoms with Crippen molar-refractivity contribution in [2.24, 2.45) is 15.9 Å². The molecule has 2 amide bonds. The molecule has 9 heteroatoms. The van der Waals surface area contributed by atoms with E-state index < -0.39 is 5.25 Å². The Morgan fingerprint density at radius 1 is 1.17 bits per heavy atom. The van der Waals surface area contributed by atoms with Gasteiger partial charge in [-0.25, -0.2) is 4.90 Å². The molecule has 3 rings (SSSR count). The van der Waals surface area contributed by atoms with Gasteiger partial charge in [-0.1, -0.05) is 23.9 Å². The fourth-order valence-corrected chi connectivity index (χ4v) is 3.70. The van der Waals surface area contributed by atoms with E-state index in [0.717, 1.165) is 23.0 Å². The minimum absolute atomic E-state index is 0.0570. The third kappa shape index (κ3) is 4.98. The van der Waals surface area contributed by atoms with Crippen molar-refractivity contribution in [2.75, 3.05) is 31.0 Å². The number of carbonyl (C=O) groups excluding carboxylic acids is 2. The van der Waals surface area contributed by atoms with Crippen molar-refractivity contribution in [1.29, 1.82) is 0 Å². The number of amides is 2. The normalized spacial score (nSPS) is 17.1. The van der Waals surface area contributed by atoms with E-state index in [1.807, 2.05) is 43.3 Å². The summed E-state index contributed by atoms with van der Waals surface area (Å²) in [7, 11) is 5.49. The first-order chi connectivity index (χ1) is 14.4. The highest BCUT2D eigenvalue weighted by Crippen LogP contribution is 2.30. The molecule has 2 aromatic rings. The van der Waals surface area contributed by atoms with E-state index in [4.69, 9.17) is 10.5 Å². The van der Waals surface area contributed by atoms with E-state index in [1.54, 1.807) is 37.6 Å². The molecule has 2 aromatic carbocycles. The van der Waals surface area contributed by atoms with Crippen LogP contribution < -0.4 is 20.3 Å². The average Bonchev–Trinajstić information content (AvgIpc) is 3.01. The zero-order chi connectivity index (χ0) is 21.7. The molecule has 156 valence electrons. The van der Waals surface area contributed by atoms with Gasteiger partial charge >= 0.3 is 0 Å². The van der Waals surface area contributed by atoms with Crippen LogP contribution in [0.15, 0.2) is 58.7 Å². The Labute approximate surface area is 179 Å². The first-order valence-electron chi connectivity index (χ1n) is 9.20. The highest BCUT2D eigenvalue weighted by atomic mass is 32.2. The summed E-state index contributed by atoms with van der Waals surface area (Å²) in [5, 5.41) is 7.41. The van der Waals surface area contributed by atoms with E-state index >= 15 is 0 Å². The lowest BCUT2D eigenvalue weighted by atomic mass is 10.2. The minimum Gasteiger partial charge on any atom is -0.497 e. The maximum atomic E-state index is 12.7. The predicted octanol–water partition coefficient (Wildman–Crippen LogP) is 2.48. The van der Waals surface area contributed by atoms with Crippen LogP contribution in [-0.4, -0.2) is 49.7 Å². The van der Waals surface area contributed by atoms with Gasteiger partial charge in [0.25, 0.3) is 0 Å². The number of imide groups is 1. The molecule has 1 aliphatic heterocycles. The number of nitrogens with two attached hydrogens (primary N) is 1. The van der Waals surface area contributed by atoms with Gasteiger partial charge in [-0.2, -0.15) is 5.10 Å². The topological polar surface area (TPSA) is 101 Å². The van der Waals surface area contributed by atoms with E-state index in [0.29, 0.717) is 11.4 Å². The van der Waals surface area contributed by atoms with E-state index in [-0.39, 0.29) is 23.4 Å². The molecule has 0 unspecified atom stereocenters. The van der Waals surface area contributed by atoms with Gasteiger partial charge in [0.15, 0.2) is 5.17 Å². The number of methoxy groups -OCH3 is 1. The molecular formula is C21H23N5O3S. The first-order valence-corrected chi connectivity index (χ1v) is 10.1. The van der Waals surface area contributed by atoms with Crippen molar-refractivity contribution in [3.05, 3.63) is 54.1 Å². The van der Waals surface area contributed by atoms with Crippen LogP contribution in [0.2, 0.25) is 0 Å². The number of benzene rings is 2. The molecule has 2 N–H and O–H groups in total. The van der Waals surface area contributed by atoms with Crippen LogP contribution in [-0.2, 0) is 9.59 Å². The van der Waals surface area contributed by atoms with Gasteiger partial charge in [-0.3, -0.25) is 9.59 Å². The lowest BCUT2D eigenvalue weighted by Gasteiger charge is -2.15. The lowest BCUT2D eigenvalue weighted by molar-refractivity contribution is -0.121. The first kappa shape index (κ1) is 21.4. The second-order valence-corrected chi connectivity index (χ2v) is 7.97. The molecular weight excluding hydrogens is 402 g/mol. The Kier molecular flexibility index (Phi) is 6.73. The van der Waals surface area contributed by atoms with Crippen LogP contribution in [0.25, 0.3) is 0 Å². The van der Waals surface area contributed by atoms with Crippen LogP contribution in [0.4, 0.5) is 11.4 Å². The third-order valence-electron chi connectivity index (χ3n) is 4.47. The molecule has 1 heterocycles. The van der Waals surface area contributed by atoms with E-state index in [9.17, 15) is 9.59 Å². The SMILES string of the molecule is COc1ccc(N2C(=O)C[C@H](SC(N)=NN=Cc3ccc(N(C)C)cc3)C2=O)cc1. The summed E-state index contributed by atoms with van der Waals surface area (Å²) in [6.07, 6.45) is 1.64. The predicted molar refractivity (Wildman–Crippen MR) is 121 cm³/mol. The van der Waals surface area contributed by atoms with Gasteiger partial charge in [0.1, 0.15) is 11.0 Å². The van der Waals surface area contributed by atoms with E-state index in [1.165, 1.54) is 4.90 Å². The molecule has 1 atom stereocenters. The second-order valence-electron chi connectivity index (χ2n) is 6.74. The molecule has 8 nitrogen and oxygen atoms in total. The standard InChI is InChI=1S/C21H23N5O3S/c1-25(2)15-6-4-14(5-7-15)13-23-24-21(22)30-18-12-19(27)26(20(18)28)16-8-10-17(29-3)11-9-16/h4-11,13,18H,12H2,1-3H3,(H2,22,24)/t18-/m0/s1. The smallest absolute Gasteiger partial charge is 0.247 e. The quantitative estimate of drug-likeness (QED) is 0.330. The summed E-state index contributed by atoms with van der Waals surface area (Å²) in [5.41, 5.74) is 8.36. The summed E-state index contributed by atoms with van der Waals surface area (Å²) in [4.78, 5) is 28.2. The number of hydrogen-bond donors (Lipinski definition) is 1. The number of thioether (sulfide) groups is 1. The molecule has 0 radical (unpaired) electrons. The summed E-state index contributed by atoms with van der Waals surface area (Å²) in [5.74, 6) is 0.0471. The lowest BCUT2D eigenvalue weighted by Crippen LogP contribution is -2.31. The number of anilines is 2. The zero-order valence-electron chi connectivity index (χ0n) is 17.0. The van der Waals surface area contributed by atoms with Crippen molar-refractivity contribution in [3.63, 3.8) is 0 Å². The van der Waals surface area contributed by atoms with Crippen molar-refractivity contribution in [3.8, 4) is 5.75 Å². The number of carbonyl (C=O) groups is 2. The maximum absolute atomic E-state index is 12.7. The van der Waals surface area contributed by atoms with Crippen molar-refractivity contribution >= 4 is 46.3 Å². The number of nitrogens with zero attached hydrogens (tertiary/aromatic N) is 4. The highest BCUT2D eigenvalue weighted by Gasteiger charge is 2.40. The summed E-state index contributed by atoms with van der Waals surface area (Å²) in [6, 6.07) is 14.5. The van der Waals surface area contributed by atoms with Crippen LogP contribution in [0.5, 0.6) is 5.75 Å². The largest absolute Gasteiger partial charge is 0.497 e. The van der Waals surface area contributed by atoms with Crippen molar-refractivity contribution in [1.82, 2.24) is 0 Å². The molecule has 1 aliphatic rings. The van der Waals surface area contributed by atoms with Gasteiger partial charge in [0, 0.05) is 26.2 Å². The molecule has 0 aliphatic carbocycles. The molecule has 1 fully saturated rings. The van der Waals surface area contributed by atoms with Gasteiger partial charge in [0.05, 0.1) is 19.0 Å². The molecule has 0 aromatic heterocycles. The summed E-state index contributed by atoms with van der Waals surface area (Å²) >= 11 is 1.04. The number of amidine groups is 1. The molecule has 30 heavy (non-hydrogen) atoms. The van der Waals surface area contributed by atoms with Crippen molar-refractivity contribution < 1.29 is 14.3 Å². The van der Waals surface area contributed by atoms with Gasteiger partial charge in [-0.15, -0.1) is 5.10 Å². The Balaban J connectivity index is 1.62. The summed E-state index contributed by atoms with van der Waals surface area (Å²) in [6.45, 7) is 0. The molecule has 1 saturated heterocycles. The minimum atomic E-state index is -0.627. The Bertz CT molecular complexity index is 971. The fourth-order valence-electron chi connectivity index (χ4n) is 2.88. The Morgan fingerprint density at radius 3 is 2.43 bits per heavy atom. The van der Waals surface area contributed by atoms with Crippen LogP contribution in [0, 0.1) is 0 Å². The average molecular weight is 426 g/mol. The van der Waals surface area contributed by atoms with Gasteiger partial charge < -0.3 is 15.4 Å². The monoisotopic (exact) mass is 425 g/mol. The highest BCUT2D eigenvalue weighted by molar-refractivity contribution is 8.14. The number of ether oxygens (including phenoxy) is 1. The zero-order valence-corrected chi connectivity index (χ0v) is 17.8. The molecule has 0 spiro atoms. The second kappa shape index (κ2) is 9.45.